The number of hydrogen-bond donors (Lipinski definition) is 0. The second kappa shape index (κ2) is 3.13. The Morgan fingerprint density at radius 2 is 2.07 bits per heavy atom. The Morgan fingerprint density at radius 1 is 1.40 bits per heavy atom. The van der Waals surface area contributed by atoms with Crippen molar-refractivity contribution in [1.29, 1.82) is 0 Å². The summed E-state index contributed by atoms with van der Waals surface area (Å²) in [4.78, 5) is 11.6. The number of rotatable bonds is 0. The highest BCUT2D eigenvalue weighted by Gasteiger charge is 2.34. The number of benzene rings is 1. The van der Waals surface area contributed by atoms with Gasteiger partial charge in [-0.05, 0) is 18.2 Å². The number of Topliss-reactive ketones (excluding diaryl/α,β-unsaturated/α-hetero) is 1. The van der Waals surface area contributed by atoms with E-state index in [0.29, 0.717) is 0 Å². The van der Waals surface area contributed by atoms with E-state index < -0.39 is 21.6 Å². The summed E-state index contributed by atoms with van der Waals surface area (Å²) in [5.41, 5.74) is -0.0197. The molecule has 1 aromatic rings. The molecule has 5 heteroatoms. The van der Waals surface area contributed by atoms with Gasteiger partial charge < -0.3 is 0 Å². The Bertz CT molecular complexity index is 534. The molecular formula is C10H9FO3S. The van der Waals surface area contributed by atoms with Gasteiger partial charge in [0.05, 0.1) is 10.6 Å². The number of carbonyl (C=O) groups excluding carboxylic acids is 1. The maximum atomic E-state index is 12.9. The number of ketones is 1. The minimum absolute atomic E-state index is 0.0197. The first-order chi connectivity index (χ1) is 6.92. The van der Waals surface area contributed by atoms with Crippen molar-refractivity contribution in [2.24, 2.45) is 5.92 Å². The van der Waals surface area contributed by atoms with Crippen LogP contribution in [0.2, 0.25) is 0 Å². The molecule has 80 valence electrons. The van der Waals surface area contributed by atoms with Crippen LogP contribution in [0.25, 0.3) is 0 Å². The summed E-state index contributed by atoms with van der Waals surface area (Å²) in [7, 11) is -3.43. The third-order valence-corrected chi connectivity index (χ3v) is 4.42. The van der Waals surface area contributed by atoms with Crippen molar-refractivity contribution in [3.8, 4) is 0 Å². The van der Waals surface area contributed by atoms with E-state index in [0.717, 1.165) is 18.2 Å². The van der Waals surface area contributed by atoms with E-state index in [-0.39, 0.29) is 22.0 Å². The molecule has 3 nitrogen and oxygen atoms in total. The highest BCUT2D eigenvalue weighted by atomic mass is 32.2. The Labute approximate surface area is 86.8 Å². The monoisotopic (exact) mass is 228 g/mol. The fraction of sp³-hybridized carbons (Fsp3) is 0.300. The molecule has 0 fully saturated rings. The number of hydrogen-bond acceptors (Lipinski definition) is 3. The summed E-state index contributed by atoms with van der Waals surface area (Å²) < 4.78 is 36.2. The lowest BCUT2D eigenvalue weighted by Crippen LogP contribution is -2.29. The number of halogens is 1. The molecule has 0 radical (unpaired) electrons. The van der Waals surface area contributed by atoms with Crippen LogP contribution in [0.4, 0.5) is 4.39 Å². The zero-order chi connectivity index (χ0) is 11.2. The molecule has 1 aromatic carbocycles. The Kier molecular flexibility index (Phi) is 2.15. The maximum Gasteiger partial charge on any atom is 0.179 e. The molecule has 0 aromatic heterocycles. The van der Waals surface area contributed by atoms with Gasteiger partial charge in [-0.2, -0.15) is 0 Å². The van der Waals surface area contributed by atoms with Crippen LogP contribution >= 0.6 is 0 Å². The van der Waals surface area contributed by atoms with Gasteiger partial charge in [-0.15, -0.1) is 0 Å². The topological polar surface area (TPSA) is 51.2 Å². The zero-order valence-electron chi connectivity index (χ0n) is 8.03. The molecule has 1 unspecified atom stereocenters. The predicted molar refractivity (Wildman–Crippen MR) is 51.9 cm³/mol. The van der Waals surface area contributed by atoms with Gasteiger partial charge in [0.2, 0.25) is 0 Å². The van der Waals surface area contributed by atoms with Crippen molar-refractivity contribution in [3.05, 3.63) is 29.6 Å². The van der Waals surface area contributed by atoms with Gasteiger partial charge in [0, 0.05) is 11.5 Å². The van der Waals surface area contributed by atoms with Crippen molar-refractivity contribution in [3.63, 3.8) is 0 Å². The van der Waals surface area contributed by atoms with Crippen LogP contribution < -0.4 is 0 Å². The summed E-state index contributed by atoms with van der Waals surface area (Å²) in [6.07, 6.45) is 0. The van der Waals surface area contributed by atoms with Gasteiger partial charge in [-0.1, -0.05) is 6.92 Å². The van der Waals surface area contributed by atoms with E-state index in [1.54, 1.807) is 0 Å². The van der Waals surface area contributed by atoms with E-state index in [2.05, 4.69) is 0 Å². The summed E-state index contributed by atoms with van der Waals surface area (Å²) in [5, 5.41) is 0. The molecule has 1 aliphatic rings. The highest BCUT2D eigenvalue weighted by Crippen LogP contribution is 2.28. The van der Waals surface area contributed by atoms with Crippen LogP contribution in [0.3, 0.4) is 0 Å². The van der Waals surface area contributed by atoms with Crippen molar-refractivity contribution < 1.29 is 17.6 Å². The third-order valence-electron chi connectivity index (χ3n) is 2.46. The van der Waals surface area contributed by atoms with E-state index in [9.17, 15) is 17.6 Å². The normalized spacial score (nSPS) is 23.6. The second-order valence-electron chi connectivity index (χ2n) is 3.69. The van der Waals surface area contributed by atoms with Gasteiger partial charge >= 0.3 is 0 Å². The molecule has 2 rings (SSSR count). The summed E-state index contributed by atoms with van der Waals surface area (Å²) >= 11 is 0. The lowest BCUT2D eigenvalue weighted by molar-refractivity contribution is 0.0933. The molecule has 1 aliphatic heterocycles. The summed E-state index contributed by atoms with van der Waals surface area (Å²) in [5.74, 6) is -1.68. The van der Waals surface area contributed by atoms with Crippen molar-refractivity contribution in [2.45, 2.75) is 11.8 Å². The SMILES string of the molecule is CC1CS(=O)(=O)c2ccc(F)cc2C1=O. The van der Waals surface area contributed by atoms with Crippen LogP contribution in [-0.4, -0.2) is 20.0 Å². The van der Waals surface area contributed by atoms with Gasteiger partial charge in [-0.3, -0.25) is 4.79 Å². The Hall–Kier alpha value is -1.23. The standard InChI is InChI=1S/C10H9FO3S/c1-6-5-15(13,14)9-3-2-7(11)4-8(9)10(6)12/h2-4,6H,5H2,1H3. The van der Waals surface area contributed by atoms with Crippen LogP contribution in [0.5, 0.6) is 0 Å². The lowest BCUT2D eigenvalue weighted by Gasteiger charge is -2.20. The molecule has 0 aliphatic carbocycles. The average Bonchev–Trinajstić information content (AvgIpc) is 2.13. The molecule has 0 spiro atoms. The molecule has 0 saturated carbocycles. The fourth-order valence-corrected chi connectivity index (χ4v) is 3.49. The van der Waals surface area contributed by atoms with Gasteiger partial charge in [0.1, 0.15) is 5.82 Å². The van der Waals surface area contributed by atoms with Crippen molar-refractivity contribution in [1.82, 2.24) is 0 Å². The van der Waals surface area contributed by atoms with Crippen LogP contribution in [0.1, 0.15) is 17.3 Å². The maximum absolute atomic E-state index is 12.9. The largest absolute Gasteiger partial charge is 0.294 e. The first-order valence-corrected chi connectivity index (χ1v) is 6.13. The molecule has 0 saturated heterocycles. The molecule has 0 N–H and O–H groups in total. The second-order valence-corrected chi connectivity index (χ2v) is 5.69. The van der Waals surface area contributed by atoms with Gasteiger partial charge in [0.25, 0.3) is 0 Å². The minimum atomic E-state index is -3.43. The van der Waals surface area contributed by atoms with Crippen molar-refractivity contribution in [2.75, 3.05) is 5.75 Å². The van der Waals surface area contributed by atoms with E-state index in [1.165, 1.54) is 6.92 Å². The van der Waals surface area contributed by atoms with Gasteiger partial charge in [-0.25, -0.2) is 12.8 Å². The number of sulfone groups is 1. The lowest BCUT2D eigenvalue weighted by atomic mass is 10.0. The number of fused-ring (bicyclic) bond motifs is 1. The molecule has 15 heavy (non-hydrogen) atoms. The predicted octanol–water partition coefficient (Wildman–Crippen LogP) is 1.43. The zero-order valence-corrected chi connectivity index (χ0v) is 8.84. The summed E-state index contributed by atoms with van der Waals surface area (Å²) in [6.45, 7) is 1.54. The molecule has 1 heterocycles. The molecular weight excluding hydrogens is 219 g/mol. The third kappa shape index (κ3) is 1.56. The Balaban J connectivity index is 2.75. The van der Waals surface area contributed by atoms with Crippen LogP contribution in [0, 0.1) is 11.7 Å². The van der Waals surface area contributed by atoms with Crippen LogP contribution in [-0.2, 0) is 9.84 Å². The molecule has 1 atom stereocenters. The van der Waals surface area contributed by atoms with E-state index in [1.807, 2.05) is 0 Å². The number of carbonyl (C=O) groups is 1. The summed E-state index contributed by atoms with van der Waals surface area (Å²) in [6, 6.07) is 3.20. The smallest absolute Gasteiger partial charge is 0.179 e. The molecule has 0 bridgehead atoms. The van der Waals surface area contributed by atoms with Gasteiger partial charge in [0.15, 0.2) is 15.6 Å². The molecule has 0 amide bonds. The quantitative estimate of drug-likeness (QED) is 0.631. The van der Waals surface area contributed by atoms with E-state index in [4.69, 9.17) is 0 Å². The average molecular weight is 228 g/mol. The van der Waals surface area contributed by atoms with Crippen molar-refractivity contribution >= 4 is 15.6 Å². The minimum Gasteiger partial charge on any atom is -0.294 e. The highest BCUT2D eigenvalue weighted by molar-refractivity contribution is 7.91. The first kappa shape index (κ1) is 10.3. The van der Waals surface area contributed by atoms with Crippen LogP contribution in [0.15, 0.2) is 23.1 Å². The van der Waals surface area contributed by atoms with E-state index >= 15 is 0 Å². The first-order valence-electron chi connectivity index (χ1n) is 4.48. The fourth-order valence-electron chi connectivity index (χ4n) is 1.73. The Morgan fingerprint density at radius 3 is 2.73 bits per heavy atom.